The lowest BCUT2D eigenvalue weighted by atomic mass is 9.86. The summed E-state index contributed by atoms with van der Waals surface area (Å²) < 4.78 is 96.7. The van der Waals surface area contributed by atoms with Crippen molar-refractivity contribution in [1.82, 2.24) is 59.7 Å². The van der Waals surface area contributed by atoms with Gasteiger partial charge in [-0.05, 0) is 106 Å². The van der Waals surface area contributed by atoms with Crippen LogP contribution >= 0.6 is 23.5 Å². The van der Waals surface area contributed by atoms with E-state index in [0.29, 0.717) is 86.0 Å². The van der Waals surface area contributed by atoms with E-state index in [4.69, 9.17) is 19.4 Å². The van der Waals surface area contributed by atoms with Crippen molar-refractivity contribution in [3.63, 3.8) is 0 Å². The van der Waals surface area contributed by atoms with E-state index in [-0.39, 0.29) is 22.5 Å². The molecule has 8 N–H and O–H groups in total. The van der Waals surface area contributed by atoms with Crippen molar-refractivity contribution in [2.75, 3.05) is 53.5 Å². The number of aliphatic hydroxyl groups is 8. The second-order valence-corrected chi connectivity index (χ2v) is 25.1. The molecule has 0 saturated carbocycles. The third kappa shape index (κ3) is 13.3. The summed E-state index contributed by atoms with van der Waals surface area (Å²) in [6.07, 6.45) is -3.92. The molecular formula is C56H70F6N12O10S2. The maximum absolute atomic E-state index is 13.9. The number of benzene rings is 2. The van der Waals surface area contributed by atoms with E-state index in [0.717, 1.165) is 68.5 Å². The fourth-order valence-electron chi connectivity index (χ4n) is 11.2. The number of likely N-dealkylation sites (tertiary alicyclic amines) is 2. The molecule has 4 saturated heterocycles. The summed E-state index contributed by atoms with van der Waals surface area (Å²) in [7, 11) is 3.94. The van der Waals surface area contributed by atoms with Gasteiger partial charge in [-0.25, -0.2) is 35.7 Å². The zero-order valence-electron chi connectivity index (χ0n) is 48.3. The van der Waals surface area contributed by atoms with Crippen molar-refractivity contribution in [3.8, 4) is 22.5 Å². The van der Waals surface area contributed by atoms with Crippen LogP contribution in [0.1, 0.15) is 93.8 Å². The second-order valence-electron chi connectivity index (χ2n) is 22.6. The van der Waals surface area contributed by atoms with Crippen LogP contribution in [0.3, 0.4) is 0 Å². The highest BCUT2D eigenvalue weighted by molar-refractivity contribution is 8.00. The van der Waals surface area contributed by atoms with Gasteiger partial charge in [0.05, 0.1) is 92.9 Å². The fourth-order valence-corrected chi connectivity index (χ4v) is 14.4. The number of aliphatic hydroxyl groups excluding tert-OH is 6. The van der Waals surface area contributed by atoms with Crippen molar-refractivity contribution in [2.24, 2.45) is 0 Å². The average molecular weight is 1250 g/mol. The maximum atomic E-state index is 13.9. The van der Waals surface area contributed by atoms with Gasteiger partial charge in [0.25, 0.3) is 0 Å². The molecule has 0 amide bonds. The minimum atomic E-state index is -1.62. The van der Waals surface area contributed by atoms with E-state index in [9.17, 15) is 67.2 Å². The number of nitrogens with zero attached hydrogens (tertiary/aromatic N) is 12. The number of thioether (sulfide) groups is 2. The van der Waals surface area contributed by atoms with Crippen LogP contribution in [-0.4, -0.2) is 213 Å². The molecule has 1 unspecified atom stereocenters. The van der Waals surface area contributed by atoms with E-state index in [1.807, 2.05) is 41.8 Å². The topological polar surface area (TPSA) is 300 Å². The number of piperidine rings is 2. The van der Waals surface area contributed by atoms with Gasteiger partial charge in [-0.2, -0.15) is 0 Å². The molecule has 4 fully saturated rings. The highest BCUT2D eigenvalue weighted by atomic mass is 32.2. The molecule has 468 valence electrons. The number of hydrogen-bond donors (Lipinski definition) is 8. The normalized spacial score (nSPS) is 26.9. The summed E-state index contributed by atoms with van der Waals surface area (Å²) in [5, 5.41) is 104. The average Bonchev–Trinajstić information content (AvgIpc) is 1.25. The van der Waals surface area contributed by atoms with E-state index < -0.39 is 129 Å². The molecule has 0 bridgehead atoms. The van der Waals surface area contributed by atoms with Crippen LogP contribution in [0.5, 0.6) is 0 Å². The summed E-state index contributed by atoms with van der Waals surface area (Å²) in [6, 6.07) is 0.632. The van der Waals surface area contributed by atoms with Crippen LogP contribution in [0.2, 0.25) is 0 Å². The van der Waals surface area contributed by atoms with Gasteiger partial charge in [-0.15, -0.1) is 33.7 Å². The standard InChI is InChI=1S/2C28H35F3N6O5S/c2*1-13-14(2)33-22(15(3)32-13)26(28(41)5-7-36(4)8-6-28)43-27-25(40)23(24(39)20(12-38)42-27)37-11-19(34-35-37)16-9-17(29)21(31)18(30)10-16/h2*9-11,20,23-27,38-41H,5-8,12H2,1-4H3/t20-,23+,24+,25-,26?,27+;20-,23+,24+,25-,26-,27+/m11/s1. The zero-order chi connectivity index (χ0) is 62.4. The van der Waals surface area contributed by atoms with Crippen molar-refractivity contribution in [1.29, 1.82) is 0 Å². The highest BCUT2D eigenvalue weighted by Gasteiger charge is 2.53. The van der Waals surface area contributed by atoms with Crippen LogP contribution in [-0.2, 0) is 9.47 Å². The summed E-state index contributed by atoms with van der Waals surface area (Å²) in [6.45, 7) is 12.3. The first-order valence-electron chi connectivity index (χ1n) is 27.8. The molecule has 4 aliphatic heterocycles. The van der Waals surface area contributed by atoms with E-state index in [1.165, 1.54) is 12.4 Å². The molecule has 22 nitrogen and oxygen atoms in total. The van der Waals surface area contributed by atoms with Crippen LogP contribution in [0.4, 0.5) is 26.3 Å². The molecule has 4 aromatic heterocycles. The van der Waals surface area contributed by atoms with Gasteiger partial charge in [-0.3, -0.25) is 19.9 Å². The second kappa shape index (κ2) is 26.4. The van der Waals surface area contributed by atoms with Gasteiger partial charge < -0.3 is 60.1 Å². The summed E-state index contributed by atoms with van der Waals surface area (Å²) in [4.78, 5) is 23.0. The first-order valence-corrected chi connectivity index (χ1v) is 29.7. The zero-order valence-corrected chi connectivity index (χ0v) is 49.9. The Bertz CT molecular complexity index is 3120. The Balaban J connectivity index is 0.000000205. The lowest BCUT2D eigenvalue weighted by Crippen LogP contribution is -2.56. The fraction of sp³-hybridized carbons (Fsp3) is 0.571. The van der Waals surface area contributed by atoms with Crippen molar-refractivity contribution in [2.45, 2.75) is 149 Å². The predicted octanol–water partition coefficient (Wildman–Crippen LogP) is 3.98. The molecule has 0 radical (unpaired) electrons. The van der Waals surface area contributed by atoms with Gasteiger partial charge in [0.1, 0.15) is 71.0 Å². The number of rotatable bonds is 14. The largest absolute Gasteiger partial charge is 0.394 e. The SMILES string of the molecule is Cc1nc(C)c(C(S[C@@H]2O[C@H](CO)[C@H](O)[C@H](n3cc(-c4cc(F)c(F)c(F)c4)nn3)[C@H]2O)C2(O)CCN(C)CC2)nc1C.Cc1nc(C)c([C@@H](S[C@@H]2O[C@H](CO)[C@H](O)[C@H](n3cc(-c4cc(F)c(F)c(F)c4)nn3)[C@H]2O)C2(O)CCN(C)CC2)nc1C. The molecule has 4 aliphatic rings. The van der Waals surface area contributed by atoms with Crippen LogP contribution in [0.25, 0.3) is 22.5 Å². The summed E-state index contributed by atoms with van der Waals surface area (Å²) in [5.74, 6) is -8.88. The van der Waals surface area contributed by atoms with Gasteiger partial charge in [0.15, 0.2) is 34.9 Å². The Hall–Kier alpha value is -5.32. The van der Waals surface area contributed by atoms with Crippen molar-refractivity contribution in [3.05, 3.63) is 117 Å². The molecule has 6 aromatic rings. The Morgan fingerprint density at radius 2 is 0.826 bits per heavy atom. The molecule has 10 rings (SSSR count). The Kier molecular flexibility index (Phi) is 20.0. The minimum Gasteiger partial charge on any atom is -0.394 e. The van der Waals surface area contributed by atoms with E-state index >= 15 is 0 Å². The van der Waals surface area contributed by atoms with Crippen molar-refractivity contribution >= 4 is 23.5 Å². The predicted molar refractivity (Wildman–Crippen MR) is 301 cm³/mol. The third-order valence-corrected chi connectivity index (χ3v) is 19.8. The summed E-state index contributed by atoms with van der Waals surface area (Å²) in [5.41, 5.74) is 0.294. The molecule has 8 heterocycles. The van der Waals surface area contributed by atoms with Gasteiger partial charge in [0.2, 0.25) is 0 Å². The first-order chi connectivity index (χ1) is 40.6. The van der Waals surface area contributed by atoms with Gasteiger partial charge in [-0.1, -0.05) is 10.4 Å². The molecule has 0 spiro atoms. The van der Waals surface area contributed by atoms with E-state index in [2.05, 4.69) is 40.4 Å². The number of aryl methyl sites for hydroxylation is 6. The highest BCUT2D eigenvalue weighted by Crippen LogP contribution is 2.51. The van der Waals surface area contributed by atoms with Crippen LogP contribution in [0, 0.1) is 76.4 Å². The molecule has 12 atom stereocenters. The molecule has 30 heteroatoms. The summed E-state index contributed by atoms with van der Waals surface area (Å²) >= 11 is 2.25. The Labute approximate surface area is 499 Å². The quantitative estimate of drug-likeness (QED) is 0.0565. The number of aromatic nitrogens is 10. The number of ether oxygens (including phenoxy) is 2. The van der Waals surface area contributed by atoms with Gasteiger partial charge >= 0.3 is 0 Å². The third-order valence-electron chi connectivity index (χ3n) is 16.6. The maximum Gasteiger partial charge on any atom is 0.194 e. The molecule has 2 aromatic carbocycles. The lowest BCUT2D eigenvalue weighted by Gasteiger charge is -2.46. The van der Waals surface area contributed by atoms with Crippen molar-refractivity contribution < 1.29 is 76.7 Å². The smallest absolute Gasteiger partial charge is 0.194 e. The Morgan fingerprint density at radius 3 is 1.14 bits per heavy atom. The molecule has 0 aliphatic carbocycles. The van der Waals surface area contributed by atoms with Crippen LogP contribution < -0.4 is 0 Å². The minimum absolute atomic E-state index is 0.0343. The van der Waals surface area contributed by atoms with Crippen LogP contribution in [0.15, 0.2) is 36.7 Å². The van der Waals surface area contributed by atoms with E-state index in [1.54, 1.807) is 13.8 Å². The number of halogens is 6. The number of hydrogen-bond acceptors (Lipinski definition) is 22. The van der Waals surface area contributed by atoms with Gasteiger partial charge in [0, 0.05) is 37.3 Å². The first kappa shape index (κ1) is 65.1. The Morgan fingerprint density at radius 1 is 0.512 bits per heavy atom. The molecule has 86 heavy (non-hydrogen) atoms. The monoisotopic (exact) mass is 1250 g/mol. The molecular weight excluding hydrogens is 1180 g/mol. The lowest BCUT2D eigenvalue weighted by molar-refractivity contribution is -0.179.